The molecule has 0 fully saturated rings. The molecule has 0 atom stereocenters. The Bertz CT molecular complexity index is 279. The van der Waals surface area contributed by atoms with Crippen molar-refractivity contribution in [2.45, 2.75) is 6.92 Å². The van der Waals surface area contributed by atoms with Crippen LogP contribution in [0.4, 0.5) is 0 Å². The van der Waals surface area contributed by atoms with Gasteiger partial charge in [0.1, 0.15) is 5.82 Å². The van der Waals surface area contributed by atoms with E-state index in [9.17, 15) is 4.79 Å². The van der Waals surface area contributed by atoms with Crippen molar-refractivity contribution in [3.05, 3.63) is 11.6 Å². The molecule has 0 unspecified atom stereocenters. The number of aryl methyl sites for hydroxylation is 1. The van der Waals surface area contributed by atoms with E-state index in [1.165, 1.54) is 5.01 Å². The lowest BCUT2D eigenvalue weighted by Crippen LogP contribution is -2.36. The summed E-state index contributed by atoms with van der Waals surface area (Å²) in [4.78, 5) is 15.0. The van der Waals surface area contributed by atoms with Crippen LogP contribution in [0.25, 0.3) is 0 Å². The van der Waals surface area contributed by atoms with Crippen LogP contribution < -0.4 is 5.43 Å². The second kappa shape index (κ2) is 3.31. The number of aromatic amines is 1. The second-order valence-corrected chi connectivity index (χ2v) is 2.58. The van der Waals surface area contributed by atoms with Gasteiger partial charge >= 0.3 is 5.91 Å². The summed E-state index contributed by atoms with van der Waals surface area (Å²) in [6, 6.07) is 0. The zero-order valence-corrected chi connectivity index (χ0v) is 7.25. The first-order valence-corrected chi connectivity index (χ1v) is 3.47. The molecule has 12 heavy (non-hydrogen) atoms. The van der Waals surface area contributed by atoms with E-state index in [4.69, 9.17) is 0 Å². The van der Waals surface area contributed by atoms with Gasteiger partial charge in [-0.3, -0.25) is 15.3 Å². The molecule has 0 radical (unpaired) electrons. The lowest BCUT2D eigenvalue weighted by atomic mass is 10.6. The van der Waals surface area contributed by atoms with Crippen LogP contribution in [0, 0.1) is 6.92 Å². The summed E-state index contributed by atoms with van der Waals surface area (Å²) in [7, 11) is 3.44. The Balaban J connectivity index is 2.65. The maximum Gasteiger partial charge on any atom is 0.305 e. The Morgan fingerprint density at radius 1 is 1.58 bits per heavy atom. The molecule has 0 bridgehead atoms. The third-order valence-corrected chi connectivity index (χ3v) is 1.13. The first-order valence-electron chi connectivity index (χ1n) is 3.47. The molecule has 0 spiro atoms. The normalized spacial score (nSPS) is 10.3. The summed E-state index contributed by atoms with van der Waals surface area (Å²) in [6.45, 7) is 1.74. The van der Waals surface area contributed by atoms with E-state index in [1.54, 1.807) is 21.0 Å². The van der Waals surface area contributed by atoms with Crippen molar-refractivity contribution in [1.29, 1.82) is 0 Å². The van der Waals surface area contributed by atoms with Gasteiger partial charge in [-0.05, 0) is 6.92 Å². The Hall–Kier alpha value is -1.43. The maximum atomic E-state index is 11.2. The van der Waals surface area contributed by atoms with Crippen molar-refractivity contribution in [2.24, 2.45) is 0 Å². The van der Waals surface area contributed by atoms with E-state index >= 15 is 0 Å². The predicted octanol–water partition coefficient (Wildman–Crippen LogP) is -0.680. The first kappa shape index (κ1) is 8.66. The minimum atomic E-state index is -0.315. The van der Waals surface area contributed by atoms with Crippen LogP contribution in [0.15, 0.2) is 0 Å². The zero-order valence-electron chi connectivity index (χ0n) is 7.25. The lowest BCUT2D eigenvalue weighted by molar-refractivity contribution is 0.0846. The van der Waals surface area contributed by atoms with Crippen molar-refractivity contribution in [2.75, 3.05) is 14.1 Å². The molecule has 0 aliphatic carbocycles. The largest absolute Gasteiger partial charge is 0.305 e. The van der Waals surface area contributed by atoms with Gasteiger partial charge in [0.15, 0.2) is 0 Å². The maximum absolute atomic E-state index is 11.2. The molecule has 2 N–H and O–H groups in total. The fraction of sp³-hybridized carbons (Fsp3) is 0.500. The molecular formula is C6H11N5O. The molecule has 6 heteroatoms. The number of H-pyrrole nitrogens is 1. The molecule has 1 heterocycles. The van der Waals surface area contributed by atoms with Crippen LogP contribution in [0.2, 0.25) is 0 Å². The number of rotatable bonds is 2. The van der Waals surface area contributed by atoms with E-state index in [-0.39, 0.29) is 11.7 Å². The Morgan fingerprint density at radius 3 is 2.67 bits per heavy atom. The van der Waals surface area contributed by atoms with Crippen LogP contribution in [0.3, 0.4) is 0 Å². The Morgan fingerprint density at radius 2 is 2.25 bits per heavy atom. The number of hydrazine groups is 1. The van der Waals surface area contributed by atoms with E-state index in [2.05, 4.69) is 20.6 Å². The van der Waals surface area contributed by atoms with Gasteiger partial charge in [-0.15, -0.1) is 5.10 Å². The van der Waals surface area contributed by atoms with Gasteiger partial charge in [-0.1, -0.05) is 0 Å². The topological polar surface area (TPSA) is 73.9 Å². The van der Waals surface area contributed by atoms with Gasteiger partial charge in [-0.25, -0.2) is 9.99 Å². The molecule has 1 amide bonds. The highest BCUT2D eigenvalue weighted by molar-refractivity contribution is 5.89. The van der Waals surface area contributed by atoms with E-state index in [0.717, 1.165) is 0 Å². The predicted molar refractivity (Wildman–Crippen MR) is 42.3 cm³/mol. The SMILES string of the molecule is Cc1nc(C(=O)NN(C)C)n[nH]1. The van der Waals surface area contributed by atoms with Crippen molar-refractivity contribution < 1.29 is 4.79 Å². The van der Waals surface area contributed by atoms with E-state index in [0.29, 0.717) is 5.82 Å². The summed E-state index contributed by atoms with van der Waals surface area (Å²) >= 11 is 0. The molecule has 0 aliphatic rings. The quantitative estimate of drug-likeness (QED) is 0.575. The fourth-order valence-corrected chi connectivity index (χ4v) is 0.697. The third-order valence-electron chi connectivity index (χ3n) is 1.13. The summed E-state index contributed by atoms with van der Waals surface area (Å²) in [5, 5.41) is 7.81. The Labute approximate surface area is 69.9 Å². The molecule has 1 rings (SSSR count). The van der Waals surface area contributed by atoms with Crippen molar-refractivity contribution in [3.63, 3.8) is 0 Å². The molecule has 0 aliphatic heterocycles. The molecule has 1 aromatic heterocycles. The number of hydrogen-bond donors (Lipinski definition) is 2. The number of amides is 1. The molecule has 0 aromatic carbocycles. The van der Waals surface area contributed by atoms with Crippen molar-refractivity contribution in [3.8, 4) is 0 Å². The van der Waals surface area contributed by atoms with Gasteiger partial charge in [-0.2, -0.15) is 0 Å². The fourth-order valence-electron chi connectivity index (χ4n) is 0.697. The first-order chi connectivity index (χ1) is 5.59. The standard InChI is InChI=1S/C6H11N5O/c1-4-7-5(9-8-4)6(12)10-11(2)3/h1-3H3,(H,10,12)(H,7,8,9). The van der Waals surface area contributed by atoms with Gasteiger partial charge in [0, 0.05) is 14.1 Å². The smallest absolute Gasteiger partial charge is 0.282 e. The number of carbonyl (C=O) groups is 1. The number of hydrogen-bond acceptors (Lipinski definition) is 4. The van der Waals surface area contributed by atoms with Gasteiger partial charge in [0.2, 0.25) is 5.82 Å². The average molecular weight is 169 g/mol. The minimum Gasteiger partial charge on any atom is -0.282 e. The van der Waals surface area contributed by atoms with Crippen molar-refractivity contribution in [1.82, 2.24) is 25.6 Å². The summed E-state index contributed by atoms with van der Waals surface area (Å²) in [5.74, 6) is 0.462. The number of aromatic nitrogens is 3. The highest BCUT2D eigenvalue weighted by Gasteiger charge is 2.10. The zero-order chi connectivity index (χ0) is 9.14. The molecule has 0 saturated carbocycles. The highest BCUT2D eigenvalue weighted by atomic mass is 16.2. The van der Waals surface area contributed by atoms with E-state index in [1.807, 2.05) is 0 Å². The molecule has 6 nitrogen and oxygen atoms in total. The number of nitrogens with zero attached hydrogens (tertiary/aromatic N) is 3. The third kappa shape index (κ3) is 2.03. The highest BCUT2D eigenvalue weighted by Crippen LogP contribution is 1.89. The van der Waals surface area contributed by atoms with Gasteiger partial charge < -0.3 is 0 Å². The van der Waals surface area contributed by atoms with Crippen LogP contribution in [0.5, 0.6) is 0 Å². The monoisotopic (exact) mass is 169 g/mol. The average Bonchev–Trinajstić information content (AvgIpc) is 2.34. The molecule has 66 valence electrons. The van der Waals surface area contributed by atoms with Crippen LogP contribution in [0.1, 0.15) is 16.4 Å². The summed E-state index contributed by atoms with van der Waals surface area (Å²) in [6.07, 6.45) is 0. The van der Waals surface area contributed by atoms with Crippen LogP contribution in [-0.4, -0.2) is 40.2 Å². The minimum absolute atomic E-state index is 0.154. The lowest BCUT2D eigenvalue weighted by Gasteiger charge is -2.08. The van der Waals surface area contributed by atoms with Crippen molar-refractivity contribution >= 4 is 5.91 Å². The number of carbonyl (C=O) groups excluding carboxylic acids is 1. The van der Waals surface area contributed by atoms with Gasteiger partial charge in [0.05, 0.1) is 0 Å². The van der Waals surface area contributed by atoms with E-state index < -0.39 is 0 Å². The second-order valence-electron chi connectivity index (χ2n) is 2.58. The molecule has 1 aromatic rings. The number of nitrogens with one attached hydrogen (secondary N) is 2. The molecule has 0 saturated heterocycles. The van der Waals surface area contributed by atoms with Gasteiger partial charge in [0.25, 0.3) is 0 Å². The van der Waals surface area contributed by atoms with Crippen LogP contribution in [-0.2, 0) is 0 Å². The molecular weight excluding hydrogens is 158 g/mol. The summed E-state index contributed by atoms with van der Waals surface area (Å²) in [5.41, 5.74) is 2.52. The Kier molecular flexibility index (Phi) is 2.39. The van der Waals surface area contributed by atoms with Crippen LogP contribution >= 0.6 is 0 Å². The summed E-state index contributed by atoms with van der Waals surface area (Å²) < 4.78 is 0.